The Morgan fingerprint density at radius 2 is 1.76 bits per heavy atom. The minimum Gasteiger partial charge on any atom is -0.469 e. The van der Waals surface area contributed by atoms with E-state index in [2.05, 4.69) is 12.1 Å². The molecule has 0 aliphatic heterocycles. The van der Waals surface area contributed by atoms with Gasteiger partial charge in [-0.25, -0.2) is 0 Å². The lowest BCUT2D eigenvalue weighted by atomic mass is 9.79. The molecule has 1 aromatic carbocycles. The molecule has 1 saturated carbocycles. The highest BCUT2D eigenvalue weighted by Gasteiger charge is 2.27. The van der Waals surface area contributed by atoms with E-state index in [1.807, 2.05) is 12.1 Å². The predicted octanol–water partition coefficient (Wildman–Crippen LogP) is 3.79. The van der Waals surface area contributed by atoms with E-state index in [4.69, 9.17) is 16.3 Å². The highest BCUT2D eigenvalue weighted by molar-refractivity contribution is 6.30. The van der Waals surface area contributed by atoms with Crippen molar-refractivity contribution in [3.63, 3.8) is 0 Å². The average Bonchev–Trinajstić information content (AvgIpc) is 2.39. The molecule has 0 N–H and O–H groups in total. The molecule has 1 aliphatic rings. The highest BCUT2D eigenvalue weighted by Crippen LogP contribution is 2.36. The predicted molar refractivity (Wildman–Crippen MR) is 68.2 cm³/mol. The summed E-state index contributed by atoms with van der Waals surface area (Å²) in [6, 6.07) is 8.05. The minimum absolute atomic E-state index is 0.0560. The molecule has 1 aliphatic carbocycles. The maximum absolute atomic E-state index is 11.4. The molecule has 0 spiro atoms. The van der Waals surface area contributed by atoms with Gasteiger partial charge < -0.3 is 4.74 Å². The molecule has 1 aromatic rings. The molecule has 0 aromatic heterocycles. The first kappa shape index (κ1) is 12.4. The van der Waals surface area contributed by atoms with Crippen molar-refractivity contribution in [2.75, 3.05) is 7.11 Å². The van der Waals surface area contributed by atoms with E-state index in [0.717, 1.165) is 30.7 Å². The fraction of sp³-hybridized carbons (Fsp3) is 0.500. The second kappa shape index (κ2) is 5.54. The quantitative estimate of drug-likeness (QED) is 0.749. The number of hydrogen-bond acceptors (Lipinski definition) is 2. The van der Waals surface area contributed by atoms with Crippen LogP contribution in [0.2, 0.25) is 5.02 Å². The molecular formula is C14H17ClO2. The van der Waals surface area contributed by atoms with Crippen LogP contribution >= 0.6 is 11.6 Å². The van der Waals surface area contributed by atoms with Crippen molar-refractivity contribution in [3.05, 3.63) is 34.9 Å². The molecule has 92 valence electrons. The molecular weight excluding hydrogens is 236 g/mol. The third-order valence-corrected chi connectivity index (χ3v) is 3.86. The number of methoxy groups -OCH3 is 1. The molecule has 0 heterocycles. The minimum atomic E-state index is -0.0560. The van der Waals surface area contributed by atoms with Crippen molar-refractivity contribution in [1.82, 2.24) is 0 Å². The lowest BCUT2D eigenvalue weighted by Gasteiger charge is -2.27. The molecule has 3 heteroatoms. The van der Waals surface area contributed by atoms with Crippen molar-refractivity contribution in [2.24, 2.45) is 5.92 Å². The van der Waals surface area contributed by atoms with Crippen LogP contribution in [0.5, 0.6) is 0 Å². The van der Waals surface area contributed by atoms with Crippen LogP contribution in [0.25, 0.3) is 0 Å². The fourth-order valence-electron chi connectivity index (χ4n) is 2.56. The van der Waals surface area contributed by atoms with Gasteiger partial charge in [0.2, 0.25) is 0 Å². The second-order valence-corrected chi connectivity index (χ2v) is 5.06. The summed E-state index contributed by atoms with van der Waals surface area (Å²) in [5.74, 6) is 0.608. The molecule has 0 amide bonds. The first-order valence-electron chi connectivity index (χ1n) is 6.04. The second-order valence-electron chi connectivity index (χ2n) is 4.62. The zero-order valence-electron chi connectivity index (χ0n) is 9.99. The van der Waals surface area contributed by atoms with Gasteiger partial charge in [0, 0.05) is 5.02 Å². The Morgan fingerprint density at radius 3 is 2.29 bits per heavy atom. The standard InChI is InChI=1S/C14H17ClO2/c1-17-14(16)12-4-2-10(3-5-12)11-6-8-13(15)9-7-11/h6-10,12H,2-5H2,1H3. The van der Waals surface area contributed by atoms with Gasteiger partial charge in [-0.2, -0.15) is 0 Å². The van der Waals surface area contributed by atoms with E-state index in [0.29, 0.717) is 5.92 Å². The first-order valence-corrected chi connectivity index (χ1v) is 6.42. The van der Waals surface area contributed by atoms with Crippen LogP contribution in [-0.2, 0) is 9.53 Å². The molecule has 0 saturated heterocycles. The van der Waals surface area contributed by atoms with Gasteiger partial charge in [0.1, 0.15) is 0 Å². The van der Waals surface area contributed by atoms with Crippen LogP contribution < -0.4 is 0 Å². The number of esters is 1. The molecule has 0 bridgehead atoms. The van der Waals surface area contributed by atoms with Crippen molar-refractivity contribution in [3.8, 4) is 0 Å². The summed E-state index contributed by atoms with van der Waals surface area (Å²) in [6.45, 7) is 0. The van der Waals surface area contributed by atoms with Gasteiger partial charge in [-0.3, -0.25) is 4.79 Å². The van der Waals surface area contributed by atoms with Crippen molar-refractivity contribution in [2.45, 2.75) is 31.6 Å². The molecule has 17 heavy (non-hydrogen) atoms. The van der Waals surface area contributed by atoms with E-state index in [9.17, 15) is 4.79 Å². The topological polar surface area (TPSA) is 26.3 Å². The van der Waals surface area contributed by atoms with Gasteiger partial charge in [-0.1, -0.05) is 23.7 Å². The molecule has 0 radical (unpaired) electrons. The van der Waals surface area contributed by atoms with Gasteiger partial charge in [0.05, 0.1) is 13.0 Å². The molecule has 0 unspecified atom stereocenters. The number of ether oxygens (including phenoxy) is 1. The summed E-state index contributed by atoms with van der Waals surface area (Å²) < 4.78 is 4.79. The fourth-order valence-corrected chi connectivity index (χ4v) is 2.69. The van der Waals surface area contributed by atoms with Gasteiger partial charge in [-0.15, -0.1) is 0 Å². The largest absolute Gasteiger partial charge is 0.469 e. The Balaban J connectivity index is 1.95. The average molecular weight is 253 g/mol. The van der Waals surface area contributed by atoms with Gasteiger partial charge >= 0.3 is 5.97 Å². The van der Waals surface area contributed by atoms with Gasteiger partial charge in [-0.05, 0) is 49.3 Å². The lowest BCUT2D eigenvalue weighted by Crippen LogP contribution is -2.22. The Kier molecular flexibility index (Phi) is 4.06. The molecule has 2 nitrogen and oxygen atoms in total. The van der Waals surface area contributed by atoms with Crippen LogP contribution in [0.4, 0.5) is 0 Å². The number of rotatable bonds is 2. The van der Waals surface area contributed by atoms with Gasteiger partial charge in [0.15, 0.2) is 0 Å². The zero-order chi connectivity index (χ0) is 12.3. The smallest absolute Gasteiger partial charge is 0.308 e. The summed E-state index contributed by atoms with van der Waals surface area (Å²) in [4.78, 5) is 11.4. The third kappa shape index (κ3) is 3.01. The number of hydrogen-bond donors (Lipinski definition) is 0. The number of carbonyl (C=O) groups excluding carboxylic acids is 1. The van der Waals surface area contributed by atoms with E-state index in [1.54, 1.807) is 0 Å². The maximum atomic E-state index is 11.4. The monoisotopic (exact) mass is 252 g/mol. The molecule has 2 rings (SSSR count). The van der Waals surface area contributed by atoms with Crippen LogP contribution in [0.1, 0.15) is 37.2 Å². The zero-order valence-corrected chi connectivity index (χ0v) is 10.7. The van der Waals surface area contributed by atoms with E-state index >= 15 is 0 Å². The van der Waals surface area contributed by atoms with Crippen LogP contribution in [0.3, 0.4) is 0 Å². The van der Waals surface area contributed by atoms with Crippen LogP contribution in [-0.4, -0.2) is 13.1 Å². The third-order valence-electron chi connectivity index (χ3n) is 3.60. The van der Waals surface area contributed by atoms with Crippen molar-refractivity contribution >= 4 is 17.6 Å². The summed E-state index contributed by atoms with van der Waals surface area (Å²) >= 11 is 5.87. The molecule has 1 fully saturated rings. The van der Waals surface area contributed by atoms with Crippen LogP contribution in [0, 0.1) is 5.92 Å². The van der Waals surface area contributed by atoms with Gasteiger partial charge in [0.25, 0.3) is 0 Å². The van der Waals surface area contributed by atoms with E-state index in [-0.39, 0.29) is 11.9 Å². The number of benzene rings is 1. The maximum Gasteiger partial charge on any atom is 0.308 e. The summed E-state index contributed by atoms with van der Waals surface area (Å²) in [7, 11) is 1.47. The Hall–Kier alpha value is -1.02. The molecule has 0 atom stereocenters. The summed E-state index contributed by atoms with van der Waals surface area (Å²) in [6.07, 6.45) is 3.97. The first-order chi connectivity index (χ1) is 8.20. The lowest BCUT2D eigenvalue weighted by molar-refractivity contribution is -0.146. The Bertz CT molecular complexity index is 378. The van der Waals surface area contributed by atoms with Crippen molar-refractivity contribution in [1.29, 1.82) is 0 Å². The summed E-state index contributed by atoms with van der Waals surface area (Å²) in [5.41, 5.74) is 1.33. The van der Waals surface area contributed by atoms with Crippen molar-refractivity contribution < 1.29 is 9.53 Å². The van der Waals surface area contributed by atoms with E-state index < -0.39 is 0 Å². The normalized spacial score (nSPS) is 24.4. The Labute approximate surface area is 107 Å². The Morgan fingerprint density at radius 1 is 1.18 bits per heavy atom. The summed E-state index contributed by atoms with van der Waals surface area (Å²) in [5, 5.41) is 0.775. The highest BCUT2D eigenvalue weighted by atomic mass is 35.5. The SMILES string of the molecule is COC(=O)C1CCC(c2ccc(Cl)cc2)CC1. The van der Waals surface area contributed by atoms with E-state index in [1.165, 1.54) is 12.7 Å². The number of halogens is 1. The number of carbonyl (C=O) groups is 1. The van der Waals surface area contributed by atoms with Crippen LogP contribution in [0.15, 0.2) is 24.3 Å².